The molecule has 252 valence electrons. The second kappa shape index (κ2) is 17.2. The molecule has 0 fully saturated rings. The first kappa shape index (κ1) is 34.9. The van der Waals surface area contributed by atoms with Crippen molar-refractivity contribution in [2.75, 3.05) is 0 Å². The van der Waals surface area contributed by atoms with Crippen molar-refractivity contribution in [2.24, 2.45) is 0 Å². The molecule has 0 unspecified atom stereocenters. The topological polar surface area (TPSA) is 9.23 Å². The Labute approximate surface area is 312 Å². The summed E-state index contributed by atoms with van der Waals surface area (Å²) in [6.07, 6.45) is 1.03. The molecule has 8 aromatic rings. The lowest BCUT2D eigenvalue weighted by atomic mass is 10.2. The van der Waals surface area contributed by atoms with Gasteiger partial charge in [-0.2, -0.15) is 13.3 Å². The van der Waals surface area contributed by atoms with Gasteiger partial charge in [-0.3, -0.25) is 0 Å². The van der Waals surface area contributed by atoms with Crippen molar-refractivity contribution >= 4 is 49.9 Å². The zero-order chi connectivity index (χ0) is 35.3. The maximum atomic E-state index is 6.93. The molecule has 3 heteroatoms. The lowest BCUT2D eigenvalue weighted by Gasteiger charge is -2.41. The third-order valence-corrected chi connectivity index (χ3v) is 18.7. The van der Waals surface area contributed by atoms with Gasteiger partial charge in [-0.1, -0.05) is 158 Å². The molecule has 0 aliphatic carbocycles. The lowest BCUT2D eigenvalue weighted by molar-refractivity contribution is 0.577. The van der Waals surface area contributed by atoms with Crippen molar-refractivity contribution in [3.05, 3.63) is 248 Å². The second-order valence-electron chi connectivity index (χ2n) is 12.9. The number of rotatable bonds is 10. The van der Waals surface area contributed by atoms with Crippen LogP contribution in [0.3, 0.4) is 0 Å². The van der Waals surface area contributed by atoms with Crippen molar-refractivity contribution in [3.63, 3.8) is 0 Å². The number of benzene rings is 8. The van der Waals surface area contributed by atoms with E-state index in [0.29, 0.717) is 0 Å². The van der Waals surface area contributed by atoms with E-state index in [-0.39, 0.29) is 0 Å². The summed E-state index contributed by atoms with van der Waals surface area (Å²) in [6.45, 7) is 0. The van der Waals surface area contributed by atoms with E-state index in [4.69, 9.17) is 3.79 Å². The first-order valence-corrected chi connectivity index (χ1v) is 22.1. The molecule has 0 aromatic heterocycles. The summed E-state index contributed by atoms with van der Waals surface area (Å²) in [5.74, 6) is 0.911. The zero-order valence-electron chi connectivity index (χ0n) is 29.2. The third-order valence-electron chi connectivity index (χ3n) is 9.72. The smallest absolute Gasteiger partial charge is 0.476 e. The molecule has 0 saturated carbocycles. The van der Waals surface area contributed by atoms with E-state index in [1.54, 1.807) is 0 Å². The van der Waals surface area contributed by atoms with Gasteiger partial charge in [0.15, 0.2) is 0 Å². The Bertz CT molecular complexity index is 1840. The summed E-state index contributed by atoms with van der Waals surface area (Å²) in [7, 11) is -1.78. The lowest BCUT2D eigenvalue weighted by Crippen LogP contribution is -2.71. The average molecular weight is 705 g/mol. The van der Waals surface area contributed by atoms with E-state index in [2.05, 4.69) is 212 Å². The maximum absolute atomic E-state index is 6.93. The van der Waals surface area contributed by atoms with Crippen molar-refractivity contribution in [1.29, 1.82) is 0 Å². The fourth-order valence-corrected chi connectivity index (χ4v) is 15.9. The predicted octanol–water partition coefficient (Wildman–Crippen LogP) is 8.91. The fourth-order valence-electron chi connectivity index (χ4n) is 7.28. The van der Waals surface area contributed by atoms with E-state index < -0.39 is 20.7 Å². The Kier molecular flexibility index (Phi) is 11.5. The van der Waals surface area contributed by atoms with Crippen LogP contribution in [0.15, 0.2) is 243 Å². The molecule has 0 aliphatic heterocycles. The number of hydrogen-bond acceptors (Lipinski definition) is 1. The van der Waals surface area contributed by atoms with Crippen molar-refractivity contribution in [2.45, 2.75) is 6.16 Å². The Morgan fingerprint density at radius 3 is 0.904 bits per heavy atom. The van der Waals surface area contributed by atoms with Crippen LogP contribution >= 0.6 is 7.26 Å². The normalized spacial score (nSPS) is 11.2. The van der Waals surface area contributed by atoms with Crippen molar-refractivity contribution < 1.29 is 3.79 Å². The Morgan fingerprint density at radius 1 is 0.308 bits per heavy atom. The molecule has 52 heavy (non-hydrogen) atoms. The SMILES string of the molecule is c1ccc(C[P+](c2ccccc2)(c2ccccc2)c2ccccc2)cc1.c1ccc([O][Al-]([c]2ccccc2)([c]2ccccc2)[c]2ccccc2)cc1. The van der Waals surface area contributed by atoms with Crippen LogP contribution in [-0.4, -0.2) is 13.4 Å². The van der Waals surface area contributed by atoms with Gasteiger partial charge in [0, 0.05) is 5.75 Å². The average Bonchev–Trinajstić information content (AvgIpc) is 3.25. The highest BCUT2D eigenvalue weighted by atomic mass is 31.2. The Balaban J connectivity index is 0.000000162. The molecular formula is C49H42AlOP. The van der Waals surface area contributed by atoms with Gasteiger partial charge in [0.25, 0.3) is 0 Å². The van der Waals surface area contributed by atoms with Gasteiger partial charge >= 0.3 is 13.4 Å². The first-order chi connectivity index (χ1) is 25.8. The molecule has 8 rings (SSSR count). The number of hydrogen-bond donors (Lipinski definition) is 0. The van der Waals surface area contributed by atoms with Gasteiger partial charge in [-0.05, 0) is 54.1 Å². The van der Waals surface area contributed by atoms with Crippen LogP contribution in [0.4, 0.5) is 0 Å². The van der Waals surface area contributed by atoms with Crippen LogP contribution in [0.1, 0.15) is 5.56 Å². The van der Waals surface area contributed by atoms with Crippen LogP contribution in [0, 0.1) is 0 Å². The molecule has 8 aromatic carbocycles. The molecule has 0 aliphatic rings. The monoisotopic (exact) mass is 704 g/mol. The molecule has 0 atom stereocenters. The molecule has 0 saturated heterocycles. The molecule has 1 nitrogen and oxygen atoms in total. The van der Waals surface area contributed by atoms with Gasteiger partial charge in [0.2, 0.25) is 0 Å². The van der Waals surface area contributed by atoms with Crippen molar-refractivity contribution in [1.82, 2.24) is 0 Å². The van der Waals surface area contributed by atoms with Crippen molar-refractivity contribution in [3.8, 4) is 5.75 Å². The van der Waals surface area contributed by atoms with E-state index >= 15 is 0 Å². The highest BCUT2D eigenvalue weighted by Gasteiger charge is 2.45. The summed E-state index contributed by atoms with van der Waals surface area (Å²) >= 11 is -3.05. The van der Waals surface area contributed by atoms with Crippen LogP contribution in [0.25, 0.3) is 0 Å². The fraction of sp³-hybridized carbons (Fsp3) is 0.0204. The highest BCUT2D eigenvalue weighted by Crippen LogP contribution is 2.58. The maximum Gasteiger partial charge on any atom is 0.476 e. The van der Waals surface area contributed by atoms with Crippen LogP contribution in [0.5, 0.6) is 5.75 Å². The quantitative estimate of drug-likeness (QED) is 0.102. The van der Waals surface area contributed by atoms with Gasteiger partial charge in [-0.25, -0.2) is 0 Å². The minimum atomic E-state index is -3.05. The zero-order valence-corrected chi connectivity index (χ0v) is 31.3. The summed E-state index contributed by atoms with van der Waals surface area (Å²) in [5.41, 5.74) is 1.39. The van der Waals surface area contributed by atoms with Crippen LogP contribution < -0.4 is 33.0 Å². The second-order valence-corrected chi connectivity index (χ2v) is 20.2. The Morgan fingerprint density at radius 2 is 0.577 bits per heavy atom. The number of para-hydroxylation sites is 1. The van der Waals surface area contributed by atoms with Gasteiger partial charge < -0.3 is 3.79 Å². The van der Waals surface area contributed by atoms with Gasteiger partial charge in [0.1, 0.15) is 23.2 Å². The summed E-state index contributed by atoms with van der Waals surface area (Å²) in [4.78, 5) is 0. The van der Waals surface area contributed by atoms with Gasteiger partial charge in [0.05, 0.1) is 6.16 Å². The predicted molar refractivity (Wildman–Crippen MR) is 226 cm³/mol. The van der Waals surface area contributed by atoms with E-state index in [9.17, 15) is 0 Å². The molecule has 0 heterocycles. The minimum Gasteiger partial charge on any atom is -0.788 e. The van der Waals surface area contributed by atoms with E-state index in [1.165, 1.54) is 34.8 Å². The van der Waals surface area contributed by atoms with Crippen LogP contribution in [0.2, 0.25) is 0 Å². The summed E-state index contributed by atoms with van der Waals surface area (Å²) in [6, 6.07) is 86.2. The van der Waals surface area contributed by atoms with Crippen LogP contribution in [-0.2, 0) is 6.16 Å². The van der Waals surface area contributed by atoms with Gasteiger partial charge in [-0.15, -0.1) is 36.4 Å². The molecule has 0 amide bonds. The first-order valence-electron chi connectivity index (χ1n) is 17.9. The third kappa shape index (κ3) is 7.72. The minimum absolute atomic E-state index is 0.911. The summed E-state index contributed by atoms with van der Waals surface area (Å²) in [5, 5.41) is 4.30. The Hall–Kier alpha value is -5.48. The molecule has 0 radical (unpaired) electrons. The molecule has 0 N–H and O–H groups in total. The molecular weight excluding hydrogens is 662 g/mol. The molecule has 0 spiro atoms. The molecule has 0 bridgehead atoms. The van der Waals surface area contributed by atoms with E-state index in [1.807, 2.05) is 30.3 Å². The highest BCUT2D eigenvalue weighted by molar-refractivity contribution is 7.95. The van der Waals surface area contributed by atoms with E-state index in [0.717, 1.165) is 11.9 Å². The standard InChI is InChI=1S/C25H22P.C6H6O.3C6H5.Al/c1-5-13-22(14-6-1)21-26(23-15-7-2-8-16-23,24-17-9-3-10-18-24)25-19-11-4-12-20-25;7-6-4-2-1-3-5-6;3*1-2-4-6-5-3-1;/h1-20H,21H2;1-5,7H;3*1-5H;/q+1;;;;;/p-1. The largest absolute Gasteiger partial charge is 0.788 e. The summed E-state index contributed by atoms with van der Waals surface area (Å²) < 4.78 is 10.7.